The monoisotopic (exact) mass is 271 g/mol. The van der Waals surface area contributed by atoms with Crippen LogP contribution in [0, 0.1) is 0 Å². The molecule has 1 aliphatic rings. The van der Waals surface area contributed by atoms with Gasteiger partial charge in [-0.2, -0.15) is 0 Å². The fourth-order valence-corrected chi connectivity index (χ4v) is 1.60. The second kappa shape index (κ2) is 8.20. The minimum absolute atomic E-state index is 0. The second-order valence-corrected chi connectivity index (χ2v) is 4.01. The standard InChI is InChI=1S/C10H21NO5.ClH/c1-2-3-4-15-10-7(11)9(14)8(13)6(5-12)16-10;/h6-10,12-14H,2-5,11H2,1H3;1H/t6-,7+,8-,9-,10+;/m1./s1. The lowest BCUT2D eigenvalue weighted by Gasteiger charge is -2.40. The van der Waals surface area contributed by atoms with Crippen LogP contribution < -0.4 is 5.73 Å². The van der Waals surface area contributed by atoms with Crippen LogP contribution in [0.15, 0.2) is 0 Å². The van der Waals surface area contributed by atoms with Gasteiger partial charge in [-0.3, -0.25) is 0 Å². The second-order valence-electron chi connectivity index (χ2n) is 4.01. The molecule has 0 bridgehead atoms. The van der Waals surface area contributed by atoms with Crippen LogP contribution in [0.4, 0.5) is 0 Å². The summed E-state index contributed by atoms with van der Waals surface area (Å²) in [6, 6.07) is -0.797. The van der Waals surface area contributed by atoms with E-state index in [2.05, 4.69) is 0 Å². The third kappa shape index (κ3) is 4.33. The highest BCUT2D eigenvalue weighted by molar-refractivity contribution is 5.85. The third-order valence-electron chi connectivity index (χ3n) is 2.71. The largest absolute Gasteiger partial charge is 0.394 e. The number of aliphatic hydroxyl groups excluding tert-OH is 3. The molecule has 104 valence electrons. The molecule has 0 aromatic heterocycles. The smallest absolute Gasteiger partial charge is 0.175 e. The van der Waals surface area contributed by atoms with Gasteiger partial charge >= 0.3 is 0 Å². The molecule has 1 aliphatic heterocycles. The van der Waals surface area contributed by atoms with Crippen molar-refractivity contribution in [2.75, 3.05) is 13.2 Å². The van der Waals surface area contributed by atoms with E-state index in [9.17, 15) is 10.2 Å². The van der Waals surface area contributed by atoms with E-state index >= 15 is 0 Å². The molecule has 6 nitrogen and oxygen atoms in total. The molecule has 0 radical (unpaired) electrons. The molecule has 0 unspecified atom stereocenters. The summed E-state index contributed by atoms with van der Waals surface area (Å²) >= 11 is 0. The third-order valence-corrected chi connectivity index (χ3v) is 2.71. The topological polar surface area (TPSA) is 105 Å². The fraction of sp³-hybridized carbons (Fsp3) is 1.00. The molecule has 0 aromatic rings. The van der Waals surface area contributed by atoms with Crippen LogP contribution in [0.1, 0.15) is 19.8 Å². The predicted octanol–water partition coefficient (Wildman–Crippen LogP) is -1.01. The molecule has 0 aromatic carbocycles. The highest BCUT2D eigenvalue weighted by Crippen LogP contribution is 2.20. The molecule has 1 saturated heterocycles. The summed E-state index contributed by atoms with van der Waals surface area (Å²) in [5, 5.41) is 28.1. The first-order chi connectivity index (χ1) is 7.61. The van der Waals surface area contributed by atoms with Crippen LogP contribution in [0.2, 0.25) is 0 Å². The summed E-state index contributed by atoms with van der Waals surface area (Å²) < 4.78 is 10.6. The molecular formula is C10H22ClNO5. The van der Waals surface area contributed by atoms with Crippen LogP contribution in [-0.2, 0) is 9.47 Å². The summed E-state index contributed by atoms with van der Waals surface area (Å²) in [7, 11) is 0. The van der Waals surface area contributed by atoms with Gasteiger partial charge < -0.3 is 30.5 Å². The lowest BCUT2D eigenvalue weighted by molar-refractivity contribution is -0.265. The average Bonchev–Trinajstić information content (AvgIpc) is 2.29. The number of unbranched alkanes of at least 4 members (excludes halogenated alkanes) is 1. The zero-order chi connectivity index (χ0) is 12.1. The van der Waals surface area contributed by atoms with Gasteiger partial charge in [0.25, 0.3) is 0 Å². The van der Waals surface area contributed by atoms with Crippen molar-refractivity contribution in [1.29, 1.82) is 0 Å². The number of halogens is 1. The molecule has 17 heavy (non-hydrogen) atoms. The van der Waals surface area contributed by atoms with Gasteiger partial charge in [-0.05, 0) is 6.42 Å². The van der Waals surface area contributed by atoms with Gasteiger partial charge in [0.05, 0.1) is 12.6 Å². The number of hydrogen-bond donors (Lipinski definition) is 4. The fourth-order valence-electron chi connectivity index (χ4n) is 1.60. The van der Waals surface area contributed by atoms with E-state index in [1.54, 1.807) is 0 Å². The molecular weight excluding hydrogens is 250 g/mol. The summed E-state index contributed by atoms with van der Waals surface area (Å²) in [6.07, 6.45) is -2.09. The Hall–Kier alpha value is 0.0500. The van der Waals surface area contributed by atoms with Crippen molar-refractivity contribution < 1.29 is 24.8 Å². The first kappa shape index (κ1) is 17.1. The zero-order valence-corrected chi connectivity index (χ0v) is 10.7. The Kier molecular flexibility index (Phi) is 8.23. The Morgan fingerprint density at radius 1 is 1.29 bits per heavy atom. The van der Waals surface area contributed by atoms with Crippen molar-refractivity contribution in [3.05, 3.63) is 0 Å². The maximum absolute atomic E-state index is 9.63. The molecule has 0 saturated carbocycles. The predicted molar refractivity (Wildman–Crippen MR) is 63.8 cm³/mol. The molecule has 0 amide bonds. The first-order valence-corrected chi connectivity index (χ1v) is 5.61. The van der Waals surface area contributed by atoms with Crippen molar-refractivity contribution in [2.24, 2.45) is 5.73 Å². The Morgan fingerprint density at radius 3 is 2.47 bits per heavy atom. The average molecular weight is 272 g/mol. The van der Waals surface area contributed by atoms with E-state index in [0.29, 0.717) is 6.61 Å². The van der Waals surface area contributed by atoms with Crippen molar-refractivity contribution in [1.82, 2.24) is 0 Å². The van der Waals surface area contributed by atoms with Crippen LogP contribution >= 0.6 is 12.4 Å². The number of aliphatic hydroxyl groups is 3. The number of hydrogen-bond acceptors (Lipinski definition) is 6. The van der Waals surface area contributed by atoms with Gasteiger partial charge in [0.1, 0.15) is 18.3 Å². The lowest BCUT2D eigenvalue weighted by atomic mass is 9.98. The molecule has 1 rings (SSSR count). The Labute approximate surface area is 107 Å². The highest BCUT2D eigenvalue weighted by atomic mass is 35.5. The van der Waals surface area contributed by atoms with Gasteiger partial charge in [0.15, 0.2) is 6.29 Å². The molecule has 1 fully saturated rings. The number of ether oxygens (including phenoxy) is 2. The zero-order valence-electron chi connectivity index (χ0n) is 9.86. The SMILES string of the molecule is CCCCO[C@H]1O[C@H](CO)[C@@H](O)[C@H](O)[C@@H]1N.Cl. The molecule has 0 aliphatic carbocycles. The van der Waals surface area contributed by atoms with E-state index in [1.165, 1.54) is 0 Å². The first-order valence-electron chi connectivity index (χ1n) is 5.61. The van der Waals surface area contributed by atoms with Gasteiger partial charge in [-0.25, -0.2) is 0 Å². The number of rotatable bonds is 5. The van der Waals surface area contributed by atoms with E-state index in [4.69, 9.17) is 20.3 Å². The van der Waals surface area contributed by atoms with Crippen LogP contribution in [-0.4, -0.2) is 59.2 Å². The molecule has 1 heterocycles. The summed E-state index contributed by atoms with van der Waals surface area (Å²) in [6.45, 7) is 2.13. The highest BCUT2D eigenvalue weighted by Gasteiger charge is 2.42. The molecule has 0 spiro atoms. The minimum atomic E-state index is -1.17. The van der Waals surface area contributed by atoms with E-state index in [0.717, 1.165) is 12.8 Å². The minimum Gasteiger partial charge on any atom is -0.394 e. The van der Waals surface area contributed by atoms with Crippen molar-refractivity contribution in [2.45, 2.75) is 50.4 Å². The van der Waals surface area contributed by atoms with Crippen LogP contribution in [0.25, 0.3) is 0 Å². The number of nitrogens with two attached hydrogens (primary N) is 1. The lowest BCUT2D eigenvalue weighted by Crippen LogP contribution is -2.62. The van der Waals surface area contributed by atoms with Gasteiger partial charge in [-0.15, -0.1) is 12.4 Å². The van der Waals surface area contributed by atoms with Crippen LogP contribution in [0.3, 0.4) is 0 Å². The summed E-state index contributed by atoms with van der Waals surface area (Å²) in [4.78, 5) is 0. The molecule has 5 atom stereocenters. The molecule has 7 heteroatoms. The summed E-state index contributed by atoms with van der Waals surface area (Å²) in [5.41, 5.74) is 5.67. The maximum Gasteiger partial charge on any atom is 0.175 e. The maximum atomic E-state index is 9.63. The normalized spacial score (nSPS) is 37.6. The Balaban J connectivity index is 0.00000256. The van der Waals surface area contributed by atoms with E-state index in [-0.39, 0.29) is 19.0 Å². The van der Waals surface area contributed by atoms with Crippen LogP contribution in [0.5, 0.6) is 0 Å². The Morgan fingerprint density at radius 2 is 1.94 bits per heavy atom. The van der Waals surface area contributed by atoms with E-state index < -0.39 is 30.6 Å². The molecule has 5 N–H and O–H groups in total. The van der Waals surface area contributed by atoms with Crippen molar-refractivity contribution in [3.8, 4) is 0 Å². The quantitative estimate of drug-likeness (QED) is 0.478. The summed E-state index contributed by atoms with van der Waals surface area (Å²) in [5.74, 6) is 0. The van der Waals surface area contributed by atoms with Gasteiger partial charge in [-0.1, -0.05) is 13.3 Å². The van der Waals surface area contributed by atoms with Crippen molar-refractivity contribution >= 4 is 12.4 Å². The van der Waals surface area contributed by atoms with E-state index in [1.807, 2.05) is 6.92 Å². The van der Waals surface area contributed by atoms with Crippen molar-refractivity contribution in [3.63, 3.8) is 0 Å². The Bertz CT molecular complexity index is 207. The van der Waals surface area contributed by atoms with Gasteiger partial charge in [0, 0.05) is 6.61 Å². The van der Waals surface area contributed by atoms with Gasteiger partial charge in [0.2, 0.25) is 0 Å².